The second-order valence-corrected chi connectivity index (χ2v) is 8.36. The zero-order chi connectivity index (χ0) is 24.8. The number of nitrogens with one attached hydrogen (secondary N) is 2. The topological polar surface area (TPSA) is 125 Å². The highest BCUT2D eigenvalue weighted by atomic mass is 35.5. The van der Waals surface area contributed by atoms with E-state index in [1.165, 1.54) is 19.2 Å². The third-order valence-electron chi connectivity index (χ3n) is 5.66. The van der Waals surface area contributed by atoms with Gasteiger partial charge in [-0.3, -0.25) is 14.5 Å². The van der Waals surface area contributed by atoms with Crippen molar-refractivity contribution in [3.63, 3.8) is 0 Å². The van der Waals surface area contributed by atoms with Crippen LogP contribution in [-0.2, 0) is 16.0 Å². The average Bonchev–Trinajstić information content (AvgIpc) is 2.96. The summed E-state index contributed by atoms with van der Waals surface area (Å²) in [5, 5.41) is 15.2. The fraction of sp³-hybridized carbons (Fsp3) is 0.333. The van der Waals surface area contributed by atoms with Gasteiger partial charge in [0.05, 0.1) is 24.6 Å². The van der Waals surface area contributed by atoms with Crippen molar-refractivity contribution in [3.8, 4) is 5.75 Å². The van der Waals surface area contributed by atoms with Crippen molar-refractivity contribution in [2.75, 3.05) is 20.2 Å². The molecule has 0 spiro atoms. The molecule has 1 aliphatic rings. The van der Waals surface area contributed by atoms with E-state index in [0.29, 0.717) is 28.3 Å². The quantitative estimate of drug-likeness (QED) is 0.551. The summed E-state index contributed by atoms with van der Waals surface area (Å²) in [4.78, 5) is 50.9. The highest BCUT2D eigenvalue weighted by Gasteiger charge is 2.35. The minimum atomic E-state index is -1.08. The van der Waals surface area contributed by atoms with Crippen LogP contribution in [0.5, 0.6) is 5.75 Å². The van der Waals surface area contributed by atoms with Gasteiger partial charge >= 0.3 is 12.0 Å². The Bertz CT molecular complexity index is 1110. The van der Waals surface area contributed by atoms with Gasteiger partial charge in [-0.05, 0) is 54.3 Å². The Morgan fingerprint density at radius 3 is 2.71 bits per heavy atom. The van der Waals surface area contributed by atoms with Gasteiger partial charge in [-0.1, -0.05) is 30.7 Å². The number of amides is 4. The summed E-state index contributed by atoms with van der Waals surface area (Å²) in [6.45, 7) is 1.47. The monoisotopic (exact) mass is 487 g/mol. The van der Waals surface area contributed by atoms with E-state index in [-0.39, 0.29) is 18.5 Å². The van der Waals surface area contributed by atoms with Crippen molar-refractivity contribution in [2.24, 2.45) is 5.92 Å². The van der Waals surface area contributed by atoms with Crippen LogP contribution in [0, 0.1) is 5.92 Å². The Morgan fingerprint density at radius 2 is 2.03 bits per heavy atom. The van der Waals surface area contributed by atoms with E-state index in [4.69, 9.17) is 16.3 Å². The van der Waals surface area contributed by atoms with Crippen molar-refractivity contribution < 1.29 is 29.0 Å². The normalized spacial score (nSPS) is 16.9. The standard InChI is InChI=1S/C24H26ClN3O6/c1-3-19(14-5-4-6-15(9-14)23(31)32)27-24(33)28-13-21(29)26-12-17(22(28)30)10-16-11-18(25)7-8-20(16)34-2/h4-9,11,17,19H,3,10,12-13H2,1-2H3,(H,26,29)(H,27,33)(H,31,32)/t17-,19+/m0/s1. The predicted molar refractivity (Wildman–Crippen MR) is 125 cm³/mol. The van der Waals surface area contributed by atoms with Crippen molar-refractivity contribution in [3.05, 3.63) is 64.2 Å². The number of urea groups is 1. The van der Waals surface area contributed by atoms with E-state index >= 15 is 0 Å². The zero-order valence-electron chi connectivity index (χ0n) is 18.8. The van der Waals surface area contributed by atoms with Crippen LogP contribution in [0.1, 0.15) is 40.9 Å². The summed E-state index contributed by atoms with van der Waals surface area (Å²) in [7, 11) is 1.51. The molecular formula is C24H26ClN3O6. The van der Waals surface area contributed by atoms with Crippen molar-refractivity contribution >= 4 is 35.4 Å². The Hall–Kier alpha value is -3.59. The lowest BCUT2D eigenvalue weighted by atomic mass is 9.97. The highest BCUT2D eigenvalue weighted by molar-refractivity contribution is 6.30. The number of benzene rings is 2. The number of carbonyl (C=O) groups is 4. The van der Waals surface area contributed by atoms with Crippen LogP contribution < -0.4 is 15.4 Å². The Labute approximate surface area is 202 Å². The molecule has 0 radical (unpaired) electrons. The predicted octanol–water partition coefficient (Wildman–Crippen LogP) is 3.02. The van der Waals surface area contributed by atoms with Crippen LogP contribution in [0.2, 0.25) is 5.02 Å². The van der Waals surface area contributed by atoms with E-state index in [1.54, 1.807) is 30.3 Å². The molecule has 34 heavy (non-hydrogen) atoms. The molecule has 1 aliphatic heterocycles. The molecule has 9 nitrogen and oxygen atoms in total. The van der Waals surface area contributed by atoms with Gasteiger partial charge in [0.15, 0.2) is 0 Å². The molecule has 10 heteroatoms. The van der Waals surface area contributed by atoms with Crippen molar-refractivity contribution in [1.29, 1.82) is 0 Å². The van der Waals surface area contributed by atoms with Gasteiger partial charge in [0.2, 0.25) is 11.8 Å². The van der Waals surface area contributed by atoms with Gasteiger partial charge in [0.25, 0.3) is 0 Å². The third kappa shape index (κ3) is 5.85. The third-order valence-corrected chi connectivity index (χ3v) is 5.89. The molecular weight excluding hydrogens is 462 g/mol. The highest BCUT2D eigenvalue weighted by Crippen LogP contribution is 2.26. The first kappa shape index (κ1) is 25.0. The lowest BCUT2D eigenvalue weighted by Crippen LogP contribution is -2.48. The minimum absolute atomic E-state index is 0.0645. The lowest BCUT2D eigenvalue weighted by Gasteiger charge is -2.25. The lowest BCUT2D eigenvalue weighted by molar-refractivity contribution is -0.133. The number of aromatic carboxylic acids is 1. The first-order valence-corrected chi connectivity index (χ1v) is 11.2. The van der Waals surface area contributed by atoms with E-state index < -0.39 is 42.3 Å². The van der Waals surface area contributed by atoms with E-state index in [2.05, 4.69) is 10.6 Å². The molecule has 0 unspecified atom stereocenters. The first-order chi connectivity index (χ1) is 16.2. The number of methoxy groups -OCH3 is 1. The van der Waals surface area contributed by atoms with E-state index in [1.807, 2.05) is 6.92 Å². The number of carboxylic acid groups (broad SMARTS) is 1. The van der Waals surface area contributed by atoms with Crippen LogP contribution in [-0.4, -0.2) is 54.0 Å². The number of rotatable bonds is 7. The van der Waals surface area contributed by atoms with Gasteiger partial charge in [0, 0.05) is 11.6 Å². The first-order valence-electron chi connectivity index (χ1n) is 10.8. The maximum atomic E-state index is 13.3. The van der Waals surface area contributed by atoms with Crippen LogP contribution in [0.4, 0.5) is 4.79 Å². The number of nitrogens with zero attached hydrogens (tertiary/aromatic N) is 1. The van der Waals surface area contributed by atoms with Crippen LogP contribution in [0.25, 0.3) is 0 Å². The number of halogens is 1. The van der Waals surface area contributed by atoms with Crippen LogP contribution in [0.3, 0.4) is 0 Å². The Morgan fingerprint density at radius 1 is 1.26 bits per heavy atom. The SMILES string of the molecule is CC[C@@H](NC(=O)N1CC(=O)NC[C@H](Cc2cc(Cl)ccc2OC)C1=O)c1cccc(C(=O)O)c1. The number of carboxylic acids is 1. The molecule has 180 valence electrons. The summed E-state index contributed by atoms with van der Waals surface area (Å²) in [5.74, 6) is -2.20. The summed E-state index contributed by atoms with van der Waals surface area (Å²) >= 11 is 6.10. The van der Waals surface area contributed by atoms with Gasteiger partial charge in [-0.15, -0.1) is 0 Å². The number of hydrogen-bond acceptors (Lipinski definition) is 5. The largest absolute Gasteiger partial charge is 0.496 e. The zero-order valence-corrected chi connectivity index (χ0v) is 19.6. The summed E-state index contributed by atoms with van der Waals surface area (Å²) < 4.78 is 5.35. The van der Waals surface area contributed by atoms with Crippen molar-refractivity contribution in [1.82, 2.24) is 15.5 Å². The summed E-state index contributed by atoms with van der Waals surface area (Å²) in [6.07, 6.45) is 0.663. The average molecular weight is 488 g/mol. The van der Waals surface area contributed by atoms with Crippen LogP contribution in [0.15, 0.2) is 42.5 Å². The maximum absolute atomic E-state index is 13.3. The molecule has 0 bridgehead atoms. The van der Waals surface area contributed by atoms with Gasteiger partial charge in [-0.25, -0.2) is 9.59 Å². The molecule has 3 rings (SSSR count). The minimum Gasteiger partial charge on any atom is -0.496 e. The molecule has 4 amide bonds. The number of hydrogen-bond donors (Lipinski definition) is 3. The Balaban J connectivity index is 1.81. The summed E-state index contributed by atoms with van der Waals surface area (Å²) in [6, 6.07) is 10.0. The second-order valence-electron chi connectivity index (χ2n) is 7.93. The van der Waals surface area contributed by atoms with E-state index in [0.717, 1.165) is 4.90 Å². The molecule has 1 saturated heterocycles. The van der Waals surface area contributed by atoms with Gasteiger partial charge in [-0.2, -0.15) is 0 Å². The molecule has 0 aromatic heterocycles. The maximum Gasteiger partial charge on any atom is 0.335 e. The smallest absolute Gasteiger partial charge is 0.335 e. The molecule has 2 aromatic rings. The molecule has 2 aromatic carbocycles. The molecule has 0 aliphatic carbocycles. The fourth-order valence-corrected chi connectivity index (χ4v) is 4.06. The molecule has 2 atom stereocenters. The van der Waals surface area contributed by atoms with Gasteiger partial charge < -0.3 is 20.5 Å². The number of ether oxygens (including phenoxy) is 1. The molecule has 1 heterocycles. The van der Waals surface area contributed by atoms with Crippen LogP contribution >= 0.6 is 11.6 Å². The molecule has 0 saturated carbocycles. The number of imide groups is 1. The summed E-state index contributed by atoms with van der Waals surface area (Å²) in [5.41, 5.74) is 1.36. The fourth-order valence-electron chi connectivity index (χ4n) is 3.86. The Kier molecular flexibility index (Phi) is 8.12. The second kappa shape index (κ2) is 11.0. The number of carbonyl (C=O) groups excluding carboxylic acids is 3. The molecule has 3 N–H and O–H groups in total. The van der Waals surface area contributed by atoms with Crippen molar-refractivity contribution in [2.45, 2.75) is 25.8 Å². The van der Waals surface area contributed by atoms with Gasteiger partial charge in [0.1, 0.15) is 12.3 Å². The van der Waals surface area contributed by atoms with E-state index in [9.17, 15) is 24.3 Å². The molecule has 1 fully saturated rings.